The van der Waals surface area contributed by atoms with Crippen molar-refractivity contribution in [1.82, 2.24) is 5.32 Å². The molecule has 0 atom stereocenters. The summed E-state index contributed by atoms with van der Waals surface area (Å²) in [5, 5.41) is 5.76. The van der Waals surface area contributed by atoms with Crippen LogP contribution in [0.15, 0.2) is 95.8 Å². The molecule has 0 fully saturated rings. The predicted octanol–water partition coefficient (Wildman–Crippen LogP) is 7.29. The van der Waals surface area contributed by atoms with Gasteiger partial charge < -0.3 is 20.5 Å². The summed E-state index contributed by atoms with van der Waals surface area (Å²) in [6.45, 7) is 2.61. The highest BCUT2D eigenvalue weighted by Crippen LogP contribution is 2.31. The van der Waals surface area contributed by atoms with Crippen LogP contribution < -0.4 is 20.5 Å². The zero-order valence-corrected chi connectivity index (χ0v) is 22.5. The van der Waals surface area contributed by atoms with E-state index in [1.54, 1.807) is 49.6 Å². The molecule has 1 amide bonds. The van der Waals surface area contributed by atoms with Crippen LogP contribution in [0.4, 0.5) is 5.69 Å². The molecule has 0 spiro atoms. The second kappa shape index (κ2) is 12.5. The highest BCUT2D eigenvalue weighted by atomic mass is 35.5. The Bertz CT molecular complexity index is 1520. The molecule has 6 nitrogen and oxygen atoms in total. The van der Waals surface area contributed by atoms with E-state index >= 15 is 0 Å². The lowest BCUT2D eigenvalue weighted by Gasteiger charge is -2.15. The van der Waals surface area contributed by atoms with E-state index in [0.717, 1.165) is 28.5 Å². The first-order valence-corrected chi connectivity index (χ1v) is 12.8. The number of hydrogen-bond acceptors (Lipinski definition) is 5. The first-order valence-electron chi connectivity index (χ1n) is 12.0. The zero-order chi connectivity index (χ0) is 27.1. The minimum absolute atomic E-state index is 0.140. The topological polar surface area (TPSA) is 85.9 Å². The molecule has 0 bridgehead atoms. The Kier molecular flexibility index (Phi) is 8.89. The number of ether oxygens (including phenoxy) is 2. The summed E-state index contributed by atoms with van der Waals surface area (Å²) in [5.41, 5.74) is 8.27. The van der Waals surface area contributed by atoms with Gasteiger partial charge in [-0.25, -0.2) is 4.99 Å². The molecule has 0 heterocycles. The normalized spacial score (nSPS) is 11.9. The third kappa shape index (κ3) is 6.46. The number of benzene rings is 4. The summed E-state index contributed by atoms with van der Waals surface area (Å²) in [4.78, 5) is 17.1. The van der Waals surface area contributed by atoms with Crippen LogP contribution in [0, 0.1) is 0 Å². The van der Waals surface area contributed by atoms with Gasteiger partial charge in [0.2, 0.25) is 0 Å². The van der Waals surface area contributed by atoms with E-state index in [-0.39, 0.29) is 5.91 Å². The van der Waals surface area contributed by atoms with Gasteiger partial charge in [0, 0.05) is 28.9 Å². The van der Waals surface area contributed by atoms with Crippen molar-refractivity contribution < 1.29 is 14.3 Å². The summed E-state index contributed by atoms with van der Waals surface area (Å²) in [7, 11) is 1.63. The monoisotopic (exact) mass is 547 g/mol. The van der Waals surface area contributed by atoms with E-state index in [4.69, 9.17) is 43.4 Å². The lowest BCUT2D eigenvalue weighted by molar-refractivity contribution is 0.0953. The van der Waals surface area contributed by atoms with Crippen LogP contribution in [-0.4, -0.2) is 25.3 Å². The Morgan fingerprint density at radius 3 is 2.32 bits per heavy atom. The number of halogens is 2. The minimum atomic E-state index is -0.140. The number of carbonyl (C=O) groups excluding carboxylic acids is 1. The molecule has 0 radical (unpaired) electrons. The number of hydrogen-bond donors (Lipinski definition) is 2. The summed E-state index contributed by atoms with van der Waals surface area (Å²) in [5.74, 6) is 1.42. The molecular formula is C30H27Cl2N3O3. The molecule has 4 aromatic carbocycles. The summed E-state index contributed by atoms with van der Waals surface area (Å²) >= 11 is 12.7. The molecule has 3 N–H and O–H groups in total. The van der Waals surface area contributed by atoms with Crippen molar-refractivity contribution in [3.05, 3.63) is 112 Å². The smallest absolute Gasteiger partial charge is 0.251 e. The SMILES string of the molecule is CCCNC(=O)c1ccc(OC(=CN)C(=Nc2cc(Cl)ccc2Cl)c2ccc3cc(OC)ccc3c2)cc1. The Morgan fingerprint density at radius 1 is 0.921 bits per heavy atom. The summed E-state index contributed by atoms with van der Waals surface area (Å²) in [6.07, 6.45) is 2.20. The highest BCUT2D eigenvalue weighted by Gasteiger charge is 2.16. The zero-order valence-electron chi connectivity index (χ0n) is 21.0. The number of rotatable bonds is 9. The van der Waals surface area contributed by atoms with Gasteiger partial charge in [0.25, 0.3) is 5.91 Å². The average molecular weight is 548 g/mol. The molecule has 38 heavy (non-hydrogen) atoms. The maximum absolute atomic E-state index is 12.3. The highest BCUT2D eigenvalue weighted by molar-refractivity contribution is 6.35. The molecular weight excluding hydrogens is 521 g/mol. The fraction of sp³-hybridized carbons (Fsp3) is 0.133. The van der Waals surface area contributed by atoms with Crippen molar-refractivity contribution in [2.24, 2.45) is 10.7 Å². The fourth-order valence-corrected chi connectivity index (χ4v) is 4.08. The number of allylic oxidation sites excluding steroid dienone is 1. The maximum atomic E-state index is 12.3. The van der Waals surface area contributed by atoms with Crippen LogP contribution >= 0.6 is 23.2 Å². The minimum Gasteiger partial charge on any atom is -0.497 e. The van der Waals surface area contributed by atoms with Crippen LogP contribution in [0.3, 0.4) is 0 Å². The molecule has 0 unspecified atom stereocenters. The number of nitrogens with two attached hydrogens (primary N) is 1. The van der Waals surface area contributed by atoms with E-state index in [1.165, 1.54) is 6.20 Å². The van der Waals surface area contributed by atoms with Gasteiger partial charge in [-0.1, -0.05) is 48.3 Å². The van der Waals surface area contributed by atoms with Gasteiger partial charge in [-0.2, -0.15) is 0 Å². The van der Waals surface area contributed by atoms with Crippen molar-refractivity contribution >= 4 is 51.3 Å². The molecule has 0 saturated carbocycles. The molecule has 0 aromatic heterocycles. The number of nitrogens with one attached hydrogen (secondary N) is 1. The molecule has 8 heteroatoms. The largest absolute Gasteiger partial charge is 0.497 e. The Hall–Kier alpha value is -4.00. The van der Waals surface area contributed by atoms with Crippen molar-refractivity contribution in [3.63, 3.8) is 0 Å². The molecule has 0 aliphatic heterocycles. The standard InChI is InChI=1S/C30H27Cl2N3O3/c1-3-14-34-30(36)19-6-10-24(11-7-19)38-28(18-33)29(35-27-17-23(31)9-13-26(27)32)22-5-4-21-16-25(37-2)12-8-20(21)15-22/h4-13,15-18H,3,14,33H2,1-2H3,(H,34,36). The van der Waals surface area contributed by atoms with Gasteiger partial charge in [0.15, 0.2) is 5.76 Å². The van der Waals surface area contributed by atoms with Crippen molar-refractivity contribution in [2.45, 2.75) is 13.3 Å². The second-order valence-corrected chi connectivity index (χ2v) is 9.24. The number of nitrogens with zero attached hydrogens (tertiary/aromatic N) is 1. The van der Waals surface area contributed by atoms with Crippen molar-refractivity contribution in [1.29, 1.82) is 0 Å². The van der Waals surface area contributed by atoms with E-state index < -0.39 is 0 Å². The van der Waals surface area contributed by atoms with Crippen LogP contribution in [-0.2, 0) is 0 Å². The molecule has 4 rings (SSSR count). The number of methoxy groups -OCH3 is 1. The van der Waals surface area contributed by atoms with E-state index in [0.29, 0.717) is 45.1 Å². The number of carbonyl (C=O) groups is 1. The molecule has 0 saturated heterocycles. The third-order valence-corrected chi connectivity index (χ3v) is 6.28. The summed E-state index contributed by atoms with van der Waals surface area (Å²) in [6, 6.07) is 23.6. The van der Waals surface area contributed by atoms with Gasteiger partial charge in [0.1, 0.15) is 17.2 Å². The lowest BCUT2D eigenvalue weighted by Crippen LogP contribution is -2.23. The lowest BCUT2D eigenvalue weighted by atomic mass is 10.0. The van der Waals surface area contributed by atoms with Gasteiger partial charge in [-0.05, 0) is 77.9 Å². The van der Waals surface area contributed by atoms with Crippen LogP contribution in [0.25, 0.3) is 10.8 Å². The second-order valence-electron chi connectivity index (χ2n) is 8.40. The Morgan fingerprint density at radius 2 is 1.61 bits per heavy atom. The number of amides is 1. The molecule has 194 valence electrons. The number of aliphatic imine (C=N–C) groups is 1. The molecule has 0 aliphatic carbocycles. The Labute approximate surface area is 231 Å². The fourth-order valence-electron chi connectivity index (χ4n) is 3.76. The van der Waals surface area contributed by atoms with Gasteiger partial charge in [0.05, 0.1) is 17.8 Å². The van der Waals surface area contributed by atoms with Crippen LogP contribution in [0.1, 0.15) is 29.3 Å². The van der Waals surface area contributed by atoms with E-state index in [2.05, 4.69) is 5.32 Å². The molecule has 0 aliphatic rings. The van der Waals surface area contributed by atoms with Gasteiger partial charge in [-0.15, -0.1) is 0 Å². The Balaban J connectivity index is 1.74. The third-order valence-electron chi connectivity index (χ3n) is 5.73. The van der Waals surface area contributed by atoms with Crippen molar-refractivity contribution in [2.75, 3.05) is 13.7 Å². The van der Waals surface area contributed by atoms with Gasteiger partial charge in [-0.3, -0.25) is 4.79 Å². The van der Waals surface area contributed by atoms with Crippen LogP contribution in [0.5, 0.6) is 11.5 Å². The van der Waals surface area contributed by atoms with E-state index in [1.807, 2.05) is 43.3 Å². The molecule has 4 aromatic rings. The number of fused-ring (bicyclic) bond motifs is 1. The quantitative estimate of drug-likeness (QED) is 0.170. The maximum Gasteiger partial charge on any atom is 0.251 e. The first-order chi connectivity index (χ1) is 18.4. The van der Waals surface area contributed by atoms with Crippen molar-refractivity contribution in [3.8, 4) is 11.5 Å². The van der Waals surface area contributed by atoms with E-state index in [9.17, 15) is 4.79 Å². The van der Waals surface area contributed by atoms with Crippen LogP contribution in [0.2, 0.25) is 10.0 Å². The first kappa shape index (κ1) is 27.0. The average Bonchev–Trinajstić information content (AvgIpc) is 2.95. The summed E-state index contributed by atoms with van der Waals surface area (Å²) < 4.78 is 11.5. The predicted molar refractivity (Wildman–Crippen MR) is 155 cm³/mol. The van der Waals surface area contributed by atoms with Gasteiger partial charge >= 0.3 is 0 Å².